The second-order valence-electron chi connectivity index (χ2n) is 5.43. The highest BCUT2D eigenvalue weighted by Gasteiger charge is 2.34. The van der Waals surface area contributed by atoms with Crippen LogP contribution in [0.4, 0.5) is 5.69 Å². The molecule has 2 N–H and O–H groups in total. The molecule has 0 spiro atoms. The molecule has 0 bridgehead atoms. The summed E-state index contributed by atoms with van der Waals surface area (Å²) in [6.07, 6.45) is 2.51. The van der Waals surface area contributed by atoms with Crippen molar-refractivity contribution in [3.8, 4) is 0 Å². The number of Topliss-reactive ketones (excluding diaryl/α,β-unsaturated/α-hetero) is 1. The average molecular weight is 272 g/mol. The highest BCUT2D eigenvalue weighted by atomic mass is 16.2. The van der Waals surface area contributed by atoms with E-state index in [1.165, 1.54) is 0 Å². The van der Waals surface area contributed by atoms with Crippen molar-refractivity contribution in [2.45, 2.75) is 25.7 Å². The summed E-state index contributed by atoms with van der Waals surface area (Å²) in [5.74, 6) is -0.868. The quantitative estimate of drug-likeness (QED) is 0.873. The summed E-state index contributed by atoms with van der Waals surface area (Å²) < 4.78 is 0. The van der Waals surface area contributed by atoms with Gasteiger partial charge in [-0.2, -0.15) is 0 Å². The maximum absolute atomic E-state index is 12.0. The van der Waals surface area contributed by atoms with Gasteiger partial charge in [0.15, 0.2) is 5.78 Å². The Labute approximate surface area is 116 Å². The van der Waals surface area contributed by atoms with E-state index in [0.29, 0.717) is 24.2 Å². The summed E-state index contributed by atoms with van der Waals surface area (Å²) in [6, 6.07) is 5.53. The molecule has 0 saturated carbocycles. The van der Waals surface area contributed by atoms with Gasteiger partial charge in [-0.15, -0.1) is 0 Å². The summed E-state index contributed by atoms with van der Waals surface area (Å²) in [5, 5.41) is 0. The summed E-state index contributed by atoms with van der Waals surface area (Å²) in [4.78, 5) is 36.7. The first-order valence-electron chi connectivity index (χ1n) is 6.82. The van der Waals surface area contributed by atoms with Crippen molar-refractivity contribution >= 4 is 23.3 Å². The first-order chi connectivity index (χ1) is 9.56. The van der Waals surface area contributed by atoms with Crippen LogP contribution in [0.5, 0.6) is 0 Å². The molecule has 1 saturated heterocycles. The molecule has 1 aromatic rings. The molecule has 20 heavy (non-hydrogen) atoms. The minimum absolute atomic E-state index is 0.114. The fourth-order valence-electron chi connectivity index (χ4n) is 2.93. The molecule has 1 aromatic carbocycles. The third kappa shape index (κ3) is 2.09. The monoisotopic (exact) mass is 272 g/mol. The molecule has 1 atom stereocenters. The van der Waals surface area contributed by atoms with Crippen molar-refractivity contribution in [1.82, 2.24) is 0 Å². The lowest BCUT2D eigenvalue weighted by Crippen LogP contribution is -2.28. The molecule has 0 aromatic heterocycles. The van der Waals surface area contributed by atoms with Crippen LogP contribution in [0.1, 0.15) is 35.2 Å². The molecule has 1 aliphatic carbocycles. The fraction of sp³-hybridized carbons (Fsp3) is 0.400. The maximum Gasteiger partial charge on any atom is 0.227 e. The van der Waals surface area contributed by atoms with Crippen LogP contribution in [0.3, 0.4) is 0 Å². The molecule has 1 fully saturated rings. The molecule has 1 unspecified atom stereocenters. The molecule has 5 nitrogen and oxygen atoms in total. The maximum atomic E-state index is 12.0. The van der Waals surface area contributed by atoms with Crippen LogP contribution in [-0.4, -0.2) is 24.1 Å². The van der Waals surface area contributed by atoms with Crippen molar-refractivity contribution in [2.24, 2.45) is 11.7 Å². The summed E-state index contributed by atoms with van der Waals surface area (Å²) in [6.45, 7) is 0.307. The standard InChI is InChI=1S/C15H16N2O3/c16-15(20)10-6-14(19)17(8-10)11-5-4-9-2-1-3-13(18)12(9)7-11/h4-5,7,10H,1-3,6,8H2,(H2,16,20). The van der Waals surface area contributed by atoms with E-state index in [4.69, 9.17) is 5.73 Å². The van der Waals surface area contributed by atoms with E-state index in [2.05, 4.69) is 0 Å². The zero-order chi connectivity index (χ0) is 14.3. The van der Waals surface area contributed by atoms with E-state index in [0.717, 1.165) is 18.4 Å². The van der Waals surface area contributed by atoms with Gasteiger partial charge in [-0.05, 0) is 30.5 Å². The molecule has 2 amide bonds. The van der Waals surface area contributed by atoms with Crippen LogP contribution in [0.25, 0.3) is 0 Å². The summed E-state index contributed by atoms with van der Waals surface area (Å²) in [5.41, 5.74) is 7.71. The molecule has 104 valence electrons. The largest absolute Gasteiger partial charge is 0.369 e. The normalized spacial score (nSPS) is 22.0. The van der Waals surface area contributed by atoms with Crippen molar-refractivity contribution < 1.29 is 14.4 Å². The van der Waals surface area contributed by atoms with Gasteiger partial charge in [0.25, 0.3) is 0 Å². The predicted octanol–water partition coefficient (Wildman–Crippen LogP) is 1.04. The third-order valence-electron chi connectivity index (χ3n) is 4.08. The van der Waals surface area contributed by atoms with Crippen molar-refractivity contribution in [3.05, 3.63) is 29.3 Å². The average Bonchev–Trinajstić information content (AvgIpc) is 2.81. The molecule has 1 aliphatic heterocycles. The van der Waals surface area contributed by atoms with Gasteiger partial charge in [-0.25, -0.2) is 0 Å². The number of hydrogen-bond acceptors (Lipinski definition) is 3. The lowest BCUT2D eigenvalue weighted by atomic mass is 9.90. The molecular formula is C15H16N2O3. The number of anilines is 1. The number of aryl methyl sites for hydroxylation is 1. The zero-order valence-electron chi connectivity index (χ0n) is 11.1. The van der Waals surface area contributed by atoms with Crippen molar-refractivity contribution in [3.63, 3.8) is 0 Å². The van der Waals surface area contributed by atoms with E-state index >= 15 is 0 Å². The highest BCUT2D eigenvalue weighted by molar-refractivity contribution is 6.03. The number of rotatable bonds is 2. The summed E-state index contributed by atoms with van der Waals surface area (Å²) >= 11 is 0. The second kappa shape index (κ2) is 4.74. The lowest BCUT2D eigenvalue weighted by Gasteiger charge is -2.20. The first kappa shape index (κ1) is 12.8. The number of primary amides is 1. The van der Waals surface area contributed by atoms with Crippen LogP contribution < -0.4 is 10.6 Å². The number of nitrogens with two attached hydrogens (primary N) is 1. The van der Waals surface area contributed by atoms with E-state index in [-0.39, 0.29) is 18.1 Å². The van der Waals surface area contributed by atoms with E-state index < -0.39 is 11.8 Å². The molecule has 3 rings (SSSR count). The molecular weight excluding hydrogens is 256 g/mol. The Bertz CT molecular complexity index is 609. The molecule has 5 heteroatoms. The van der Waals surface area contributed by atoms with E-state index in [1.807, 2.05) is 12.1 Å². The van der Waals surface area contributed by atoms with Crippen LogP contribution in [0.2, 0.25) is 0 Å². The lowest BCUT2D eigenvalue weighted by molar-refractivity contribution is -0.123. The number of nitrogens with zero attached hydrogens (tertiary/aromatic N) is 1. The minimum atomic E-state index is -0.449. The zero-order valence-corrected chi connectivity index (χ0v) is 11.1. The van der Waals surface area contributed by atoms with Crippen LogP contribution in [-0.2, 0) is 16.0 Å². The van der Waals surface area contributed by atoms with E-state index in [1.54, 1.807) is 11.0 Å². The minimum Gasteiger partial charge on any atom is -0.369 e. The Balaban J connectivity index is 1.92. The highest BCUT2D eigenvalue weighted by Crippen LogP contribution is 2.29. The van der Waals surface area contributed by atoms with Gasteiger partial charge in [0, 0.05) is 30.6 Å². The Kier molecular flexibility index (Phi) is 3.04. The van der Waals surface area contributed by atoms with Gasteiger partial charge in [-0.1, -0.05) is 6.07 Å². The first-order valence-corrected chi connectivity index (χ1v) is 6.82. The fourth-order valence-corrected chi connectivity index (χ4v) is 2.93. The van der Waals surface area contributed by atoms with Gasteiger partial charge in [0.05, 0.1) is 5.92 Å². The summed E-state index contributed by atoms with van der Waals surface area (Å²) in [7, 11) is 0. The van der Waals surface area contributed by atoms with Crippen LogP contribution in [0.15, 0.2) is 18.2 Å². The second-order valence-corrected chi connectivity index (χ2v) is 5.43. The molecule has 0 radical (unpaired) electrons. The molecule has 2 aliphatic rings. The van der Waals surface area contributed by atoms with Gasteiger partial charge in [0.2, 0.25) is 11.8 Å². The van der Waals surface area contributed by atoms with Gasteiger partial charge >= 0.3 is 0 Å². The smallest absolute Gasteiger partial charge is 0.227 e. The number of amides is 2. The number of ketones is 1. The Morgan fingerprint density at radius 3 is 2.75 bits per heavy atom. The number of hydrogen-bond donors (Lipinski definition) is 1. The van der Waals surface area contributed by atoms with Crippen molar-refractivity contribution in [2.75, 3.05) is 11.4 Å². The topological polar surface area (TPSA) is 80.5 Å². The Hall–Kier alpha value is -2.17. The van der Waals surface area contributed by atoms with Gasteiger partial charge in [-0.3, -0.25) is 14.4 Å². The Morgan fingerprint density at radius 2 is 2.05 bits per heavy atom. The number of carbonyl (C=O) groups is 3. The van der Waals surface area contributed by atoms with E-state index in [9.17, 15) is 14.4 Å². The van der Waals surface area contributed by atoms with Gasteiger partial charge in [0.1, 0.15) is 0 Å². The number of benzene rings is 1. The third-order valence-corrected chi connectivity index (χ3v) is 4.08. The van der Waals surface area contributed by atoms with Gasteiger partial charge < -0.3 is 10.6 Å². The Morgan fingerprint density at radius 1 is 1.25 bits per heavy atom. The number of carbonyl (C=O) groups excluding carboxylic acids is 3. The predicted molar refractivity (Wildman–Crippen MR) is 73.4 cm³/mol. The number of fused-ring (bicyclic) bond motifs is 1. The molecule has 1 heterocycles. The van der Waals surface area contributed by atoms with Crippen LogP contribution in [0, 0.1) is 5.92 Å². The SMILES string of the molecule is NC(=O)C1CC(=O)N(c2ccc3c(c2)C(=O)CCC3)C1. The van der Waals surface area contributed by atoms with Crippen molar-refractivity contribution in [1.29, 1.82) is 0 Å². The van der Waals surface area contributed by atoms with Crippen LogP contribution >= 0.6 is 0 Å².